The Morgan fingerprint density at radius 2 is 2.45 bits per heavy atom. The molecule has 1 atom stereocenters. The van der Waals surface area contributed by atoms with Crippen LogP contribution in [0.1, 0.15) is 19.8 Å². The Labute approximate surface area is 123 Å². The smallest absolute Gasteiger partial charge is 0.183 e. The summed E-state index contributed by atoms with van der Waals surface area (Å²) in [5.41, 5.74) is 1.03. The number of hydrogen-bond donors (Lipinski definition) is 1. The molecule has 1 N–H and O–H groups in total. The average molecular weight is 292 g/mol. The predicted molar refractivity (Wildman–Crippen MR) is 82.8 cm³/mol. The van der Waals surface area contributed by atoms with E-state index in [2.05, 4.69) is 16.4 Å². The first-order valence-corrected chi connectivity index (χ1v) is 8.02. The highest BCUT2D eigenvalue weighted by atomic mass is 32.1. The number of rotatable bonds is 5. The van der Waals surface area contributed by atoms with Crippen molar-refractivity contribution >= 4 is 26.7 Å². The van der Waals surface area contributed by atoms with Crippen molar-refractivity contribution in [2.45, 2.75) is 19.8 Å². The topological polar surface area (TPSA) is 43.4 Å². The maximum Gasteiger partial charge on any atom is 0.183 e. The Kier molecular flexibility index (Phi) is 4.38. The predicted octanol–water partition coefficient (Wildman–Crippen LogP) is 3.53. The van der Waals surface area contributed by atoms with Gasteiger partial charge in [-0.1, -0.05) is 11.3 Å². The summed E-state index contributed by atoms with van der Waals surface area (Å²) < 4.78 is 12.2. The number of benzene rings is 1. The Morgan fingerprint density at radius 3 is 3.25 bits per heavy atom. The summed E-state index contributed by atoms with van der Waals surface area (Å²) >= 11 is 1.68. The fraction of sp³-hybridized carbons (Fsp3) is 0.533. The molecule has 0 amide bonds. The molecule has 1 unspecified atom stereocenters. The van der Waals surface area contributed by atoms with Gasteiger partial charge in [0.05, 0.1) is 23.4 Å². The molecular formula is C15H20N2O2S. The van der Waals surface area contributed by atoms with Crippen LogP contribution in [0.2, 0.25) is 0 Å². The second kappa shape index (κ2) is 6.41. The zero-order chi connectivity index (χ0) is 13.8. The van der Waals surface area contributed by atoms with Crippen LogP contribution in [0.15, 0.2) is 18.2 Å². The van der Waals surface area contributed by atoms with Crippen molar-refractivity contribution in [3.63, 3.8) is 0 Å². The fourth-order valence-electron chi connectivity index (χ4n) is 2.44. The lowest BCUT2D eigenvalue weighted by atomic mass is 10.0. The zero-order valence-corrected chi connectivity index (χ0v) is 12.5. The minimum absolute atomic E-state index is 0.606. The van der Waals surface area contributed by atoms with Crippen LogP contribution < -0.4 is 10.1 Å². The maximum absolute atomic E-state index is 5.52. The summed E-state index contributed by atoms with van der Waals surface area (Å²) in [5.74, 6) is 1.52. The summed E-state index contributed by atoms with van der Waals surface area (Å²) in [4.78, 5) is 4.61. The SMILES string of the molecule is CCOc1ccc2nc(NCC3CCCOC3)sc2c1. The normalized spacial score (nSPS) is 19.1. The van der Waals surface area contributed by atoms with E-state index in [0.717, 1.165) is 36.2 Å². The number of aromatic nitrogens is 1. The molecule has 0 bridgehead atoms. The molecule has 5 heteroatoms. The van der Waals surface area contributed by atoms with Crippen molar-refractivity contribution in [1.29, 1.82) is 0 Å². The molecule has 1 saturated heterocycles. The van der Waals surface area contributed by atoms with E-state index >= 15 is 0 Å². The van der Waals surface area contributed by atoms with Crippen LogP contribution in [-0.4, -0.2) is 31.3 Å². The van der Waals surface area contributed by atoms with Gasteiger partial charge in [-0.15, -0.1) is 0 Å². The molecule has 108 valence electrons. The molecule has 0 radical (unpaired) electrons. The average Bonchev–Trinajstić information content (AvgIpc) is 2.89. The van der Waals surface area contributed by atoms with Crippen LogP contribution in [0.25, 0.3) is 10.2 Å². The van der Waals surface area contributed by atoms with E-state index in [1.54, 1.807) is 11.3 Å². The minimum Gasteiger partial charge on any atom is -0.494 e. The Bertz CT molecular complexity index is 564. The molecule has 20 heavy (non-hydrogen) atoms. The van der Waals surface area contributed by atoms with Crippen molar-refractivity contribution in [3.05, 3.63) is 18.2 Å². The summed E-state index contributed by atoms with van der Waals surface area (Å²) in [6.45, 7) is 5.41. The minimum atomic E-state index is 0.606. The van der Waals surface area contributed by atoms with E-state index in [1.807, 2.05) is 19.1 Å². The van der Waals surface area contributed by atoms with Gasteiger partial charge in [-0.05, 0) is 43.9 Å². The third-order valence-electron chi connectivity index (χ3n) is 3.47. The third-order valence-corrected chi connectivity index (χ3v) is 4.44. The molecule has 1 aliphatic heterocycles. The van der Waals surface area contributed by atoms with E-state index < -0.39 is 0 Å². The van der Waals surface area contributed by atoms with Gasteiger partial charge in [0, 0.05) is 13.2 Å². The summed E-state index contributed by atoms with van der Waals surface area (Å²) in [7, 11) is 0. The lowest BCUT2D eigenvalue weighted by Gasteiger charge is -2.21. The zero-order valence-electron chi connectivity index (χ0n) is 11.7. The molecular weight excluding hydrogens is 272 g/mol. The van der Waals surface area contributed by atoms with E-state index in [0.29, 0.717) is 12.5 Å². The number of nitrogens with zero attached hydrogens (tertiary/aromatic N) is 1. The first kappa shape index (κ1) is 13.6. The third kappa shape index (κ3) is 3.22. The van der Waals surface area contributed by atoms with E-state index in [-0.39, 0.29) is 0 Å². The molecule has 0 saturated carbocycles. The van der Waals surface area contributed by atoms with Crippen LogP contribution in [-0.2, 0) is 4.74 Å². The number of thiazole rings is 1. The summed E-state index contributed by atoms with van der Waals surface area (Å²) in [6, 6.07) is 6.06. The van der Waals surface area contributed by atoms with Crippen LogP contribution in [0.3, 0.4) is 0 Å². The van der Waals surface area contributed by atoms with E-state index in [9.17, 15) is 0 Å². The number of hydrogen-bond acceptors (Lipinski definition) is 5. The molecule has 3 rings (SSSR count). The largest absolute Gasteiger partial charge is 0.494 e. The van der Waals surface area contributed by atoms with Gasteiger partial charge in [0.15, 0.2) is 5.13 Å². The molecule has 2 aromatic rings. The van der Waals surface area contributed by atoms with Gasteiger partial charge in [0.25, 0.3) is 0 Å². The van der Waals surface area contributed by atoms with Gasteiger partial charge in [-0.25, -0.2) is 4.98 Å². The Hall–Kier alpha value is -1.33. The van der Waals surface area contributed by atoms with Crippen molar-refractivity contribution in [2.24, 2.45) is 5.92 Å². The van der Waals surface area contributed by atoms with Crippen molar-refractivity contribution in [2.75, 3.05) is 31.7 Å². The fourth-order valence-corrected chi connectivity index (χ4v) is 3.34. The number of ether oxygens (including phenoxy) is 2. The molecule has 1 aliphatic rings. The monoisotopic (exact) mass is 292 g/mol. The second-order valence-electron chi connectivity index (χ2n) is 5.05. The van der Waals surface area contributed by atoms with Crippen molar-refractivity contribution in [3.8, 4) is 5.75 Å². The van der Waals surface area contributed by atoms with Gasteiger partial charge in [0.1, 0.15) is 5.75 Å². The van der Waals surface area contributed by atoms with Crippen LogP contribution in [0.4, 0.5) is 5.13 Å². The lowest BCUT2D eigenvalue weighted by Crippen LogP contribution is -2.24. The molecule has 2 heterocycles. The van der Waals surface area contributed by atoms with Crippen molar-refractivity contribution < 1.29 is 9.47 Å². The van der Waals surface area contributed by atoms with E-state index in [4.69, 9.17) is 9.47 Å². The second-order valence-corrected chi connectivity index (χ2v) is 6.08. The number of fused-ring (bicyclic) bond motifs is 1. The molecule has 1 fully saturated rings. The highest BCUT2D eigenvalue weighted by Crippen LogP contribution is 2.29. The first-order valence-electron chi connectivity index (χ1n) is 7.20. The van der Waals surface area contributed by atoms with Gasteiger partial charge in [-0.3, -0.25) is 0 Å². The summed E-state index contributed by atoms with van der Waals surface area (Å²) in [6.07, 6.45) is 2.41. The lowest BCUT2D eigenvalue weighted by molar-refractivity contribution is 0.0595. The Balaban J connectivity index is 1.65. The summed E-state index contributed by atoms with van der Waals surface area (Å²) in [5, 5.41) is 4.43. The number of anilines is 1. The van der Waals surface area contributed by atoms with Gasteiger partial charge < -0.3 is 14.8 Å². The molecule has 0 aliphatic carbocycles. The molecule has 1 aromatic carbocycles. The maximum atomic E-state index is 5.52. The van der Waals surface area contributed by atoms with E-state index in [1.165, 1.54) is 17.5 Å². The van der Waals surface area contributed by atoms with Gasteiger partial charge >= 0.3 is 0 Å². The standard InChI is InChI=1S/C15H20N2O2S/c1-2-19-12-5-6-13-14(8-12)20-15(17-13)16-9-11-4-3-7-18-10-11/h5-6,8,11H,2-4,7,9-10H2,1H3,(H,16,17). The first-order chi connectivity index (χ1) is 9.85. The van der Waals surface area contributed by atoms with Crippen LogP contribution >= 0.6 is 11.3 Å². The Morgan fingerprint density at radius 1 is 1.50 bits per heavy atom. The molecule has 1 aromatic heterocycles. The van der Waals surface area contributed by atoms with Gasteiger partial charge in [-0.2, -0.15) is 0 Å². The number of nitrogens with one attached hydrogen (secondary N) is 1. The van der Waals surface area contributed by atoms with Crippen LogP contribution in [0.5, 0.6) is 5.75 Å². The van der Waals surface area contributed by atoms with Gasteiger partial charge in [0.2, 0.25) is 0 Å². The van der Waals surface area contributed by atoms with Crippen LogP contribution in [0, 0.1) is 5.92 Å². The molecule has 0 spiro atoms. The quantitative estimate of drug-likeness (QED) is 0.915. The molecule has 4 nitrogen and oxygen atoms in total. The van der Waals surface area contributed by atoms with Crippen molar-refractivity contribution in [1.82, 2.24) is 4.98 Å². The highest BCUT2D eigenvalue weighted by Gasteiger charge is 2.14. The highest BCUT2D eigenvalue weighted by molar-refractivity contribution is 7.22.